The maximum Gasteiger partial charge on any atom is 0.0629 e. The van der Waals surface area contributed by atoms with E-state index >= 15 is 0 Å². The molecule has 15 heavy (non-hydrogen) atoms. The second-order valence-corrected chi connectivity index (χ2v) is 6.80. The van der Waals surface area contributed by atoms with E-state index in [9.17, 15) is 0 Å². The van der Waals surface area contributed by atoms with Crippen molar-refractivity contribution < 1.29 is 0 Å². The summed E-state index contributed by atoms with van der Waals surface area (Å²) in [5.41, 5.74) is 1.82. The SMILES string of the molecule is CC(C)(C)Cc1ccn(CC(C)(C)C)n1. The Kier molecular flexibility index (Phi) is 3.27. The minimum absolute atomic E-state index is 0.297. The van der Waals surface area contributed by atoms with Crippen LogP contribution >= 0.6 is 0 Å². The number of hydrogen-bond acceptors (Lipinski definition) is 1. The van der Waals surface area contributed by atoms with E-state index in [1.807, 2.05) is 0 Å². The Hall–Kier alpha value is -0.790. The van der Waals surface area contributed by atoms with E-state index in [0.717, 1.165) is 13.0 Å². The first-order chi connectivity index (χ1) is 6.66. The highest BCUT2D eigenvalue weighted by molar-refractivity contribution is 5.01. The number of nitrogens with zero attached hydrogens (tertiary/aromatic N) is 2. The van der Waals surface area contributed by atoms with Crippen LogP contribution in [0.5, 0.6) is 0 Å². The van der Waals surface area contributed by atoms with Crippen LogP contribution in [0.1, 0.15) is 47.2 Å². The van der Waals surface area contributed by atoms with E-state index in [1.165, 1.54) is 5.69 Å². The van der Waals surface area contributed by atoms with Gasteiger partial charge in [-0.15, -0.1) is 0 Å². The van der Waals surface area contributed by atoms with Gasteiger partial charge in [-0.25, -0.2) is 0 Å². The highest BCUT2D eigenvalue weighted by Crippen LogP contribution is 2.20. The zero-order valence-corrected chi connectivity index (χ0v) is 11.0. The minimum atomic E-state index is 0.297. The van der Waals surface area contributed by atoms with Gasteiger partial charge in [0.05, 0.1) is 5.69 Å². The molecule has 0 aromatic carbocycles. The van der Waals surface area contributed by atoms with Crippen molar-refractivity contribution in [3.63, 3.8) is 0 Å². The highest BCUT2D eigenvalue weighted by Gasteiger charge is 2.15. The molecule has 0 aliphatic heterocycles. The van der Waals surface area contributed by atoms with Crippen LogP contribution in [-0.2, 0) is 13.0 Å². The zero-order valence-electron chi connectivity index (χ0n) is 11.0. The van der Waals surface area contributed by atoms with Crippen LogP contribution in [0, 0.1) is 10.8 Å². The summed E-state index contributed by atoms with van der Waals surface area (Å²) in [5.74, 6) is 0. The molecule has 1 aromatic heterocycles. The molecule has 0 saturated carbocycles. The molecular weight excluding hydrogens is 184 g/mol. The molecule has 0 atom stereocenters. The zero-order chi connectivity index (χ0) is 11.7. The van der Waals surface area contributed by atoms with Crippen molar-refractivity contribution in [2.45, 2.75) is 54.5 Å². The van der Waals surface area contributed by atoms with Gasteiger partial charge in [-0.3, -0.25) is 4.68 Å². The van der Waals surface area contributed by atoms with E-state index in [2.05, 4.69) is 63.6 Å². The van der Waals surface area contributed by atoms with Crippen LogP contribution in [-0.4, -0.2) is 9.78 Å². The summed E-state index contributed by atoms with van der Waals surface area (Å²) in [5, 5.41) is 4.60. The summed E-state index contributed by atoms with van der Waals surface area (Å²) in [6.07, 6.45) is 3.14. The lowest BCUT2D eigenvalue weighted by atomic mass is 9.91. The molecule has 0 fully saturated rings. The molecule has 0 amide bonds. The fourth-order valence-electron chi connectivity index (χ4n) is 1.62. The average molecular weight is 208 g/mol. The van der Waals surface area contributed by atoms with Crippen molar-refractivity contribution in [3.8, 4) is 0 Å². The minimum Gasteiger partial charge on any atom is -0.272 e. The monoisotopic (exact) mass is 208 g/mol. The van der Waals surface area contributed by atoms with Crippen molar-refractivity contribution >= 4 is 0 Å². The molecule has 0 spiro atoms. The Morgan fingerprint density at radius 3 is 2.13 bits per heavy atom. The molecular formula is C13H24N2. The summed E-state index contributed by atoms with van der Waals surface area (Å²) in [6.45, 7) is 14.4. The third-order valence-electron chi connectivity index (χ3n) is 2.04. The fraction of sp³-hybridized carbons (Fsp3) is 0.769. The third kappa shape index (κ3) is 5.01. The Labute approximate surface area is 93.7 Å². The molecule has 0 bridgehead atoms. The van der Waals surface area contributed by atoms with Gasteiger partial charge in [-0.2, -0.15) is 5.10 Å². The maximum absolute atomic E-state index is 4.60. The Morgan fingerprint density at radius 2 is 1.67 bits per heavy atom. The smallest absolute Gasteiger partial charge is 0.0629 e. The van der Waals surface area contributed by atoms with Crippen molar-refractivity contribution in [1.82, 2.24) is 9.78 Å². The van der Waals surface area contributed by atoms with Crippen LogP contribution in [0.2, 0.25) is 0 Å². The predicted octanol–water partition coefficient (Wildman–Crippen LogP) is 3.52. The average Bonchev–Trinajstić information content (AvgIpc) is 2.28. The molecule has 2 nitrogen and oxygen atoms in total. The summed E-state index contributed by atoms with van der Waals surface area (Å²) >= 11 is 0. The van der Waals surface area contributed by atoms with E-state index in [-0.39, 0.29) is 0 Å². The van der Waals surface area contributed by atoms with Gasteiger partial charge in [-0.05, 0) is 23.3 Å². The predicted molar refractivity (Wildman–Crippen MR) is 64.8 cm³/mol. The third-order valence-corrected chi connectivity index (χ3v) is 2.04. The van der Waals surface area contributed by atoms with Crippen molar-refractivity contribution in [2.24, 2.45) is 10.8 Å². The van der Waals surface area contributed by atoms with Gasteiger partial charge < -0.3 is 0 Å². The quantitative estimate of drug-likeness (QED) is 0.727. The molecule has 0 saturated heterocycles. The molecule has 1 rings (SSSR count). The van der Waals surface area contributed by atoms with E-state index in [1.54, 1.807) is 0 Å². The lowest BCUT2D eigenvalue weighted by molar-refractivity contribution is 0.322. The van der Waals surface area contributed by atoms with Crippen LogP contribution in [0.4, 0.5) is 0 Å². The summed E-state index contributed by atoms with van der Waals surface area (Å²) in [6, 6.07) is 2.14. The van der Waals surface area contributed by atoms with Crippen molar-refractivity contribution in [2.75, 3.05) is 0 Å². The Balaban J connectivity index is 2.65. The van der Waals surface area contributed by atoms with E-state index in [0.29, 0.717) is 10.8 Å². The van der Waals surface area contributed by atoms with Crippen LogP contribution < -0.4 is 0 Å². The van der Waals surface area contributed by atoms with Crippen LogP contribution in [0.15, 0.2) is 12.3 Å². The largest absolute Gasteiger partial charge is 0.272 e. The van der Waals surface area contributed by atoms with Gasteiger partial charge in [0.1, 0.15) is 0 Å². The van der Waals surface area contributed by atoms with Gasteiger partial charge in [0.15, 0.2) is 0 Å². The first-order valence-corrected chi connectivity index (χ1v) is 5.68. The molecule has 0 N–H and O–H groups in total. The fourth-order valence-corrected chi connectivity index (χ4v) is 1.62. The van der Waals surface area contributed by atoms with Gasteiger partial charge in [0.25, 0.3) is 0 Å². The van der Waals surface area contributed by atoms with Gasteiger partial charge in [0, 0.05) is 12.7 Å². The van der Waals surface area contributed by atoms with Gasteiger partial charge >= 0.3 is 0 Å². The van der Waals surface area contributed by atoms with Crippen LogP contribution in [0.3, 0.4) is 0 Å². The van der Waals surface area contributed by atoms with Crippen molar-refractivity contribution in [1.29, 1.82) is 0 Å². The number of hydrogen-bond donors (Lipinski definition) is 0. The van der Waals surface area contributed by atoms with E-state index in [4.69, 9.17) is 0 Å². The summed E-state index contributed by atoms with van der Waals surface area (Å²) < 4.78 is 2.06. The molecule has 1 aromatic rings. The second-order valence-electron chi connectivity index (χ2n) is 6.80. The lowest BCUT2D eigenvalue weighted by Crippen LogP contribution is -2.16. The van der Waals surface area contributed by atoms with E-state index < -0.39 is 0 Å². The number of aromatic nitrogens is 2. The normalized spacial score (nSPS) is 13.2. The lowest BCUT2D eigenvalue weighted by Gasteiger charge is -2.18. The Bertz CT molecular complexity index is 280. The maximum atomic E-state index is 4.60. The Morgan fingerprint density at radius 1 is 1.07 bits per heavy atom. The van der Waals surface area contributed by atoms with Gasteiger partial charge in [-0.1, -0.05) is 41.5 Å². The second kappa shape index (κ2) is 3.99. The summed E-state index contributed by atoms with van der Waals surface area (Å²) in [4.78, 5) is 0. The van der Waals surface area contributed by atoms with Crippen molar-refractivity contribution in [3.05, 3.63) is 18.0 Å². The topological polar surface area (TPSA) is 17.8 Å². The molecule has 0 aliphatic rings. The highest BCUT2D eigenvalue weighted by atomic mass is 15.3. The standard InChI is InChI=1S/C13H24N2/c1-12(2,3)9-11-7-8-15(14-11)10-13(4,5)6/h7-8H,9-10H2,1-6H3. The summed E-state index contributed by atoms with van der Waals surface area (Å²) in [7, 11) is 0. The molecule has 0 radical (unpaired) electrons. The van der Waals surface area contributed by atoms with Gasteiger partial charge in [0.2, 0.25) is 0 Å². The first kappa shape index (κ1) is 12.3. The molecule has 0 unspecified atom stereocenters. The molecule has 0 aliphatic carbocycles. The molecule has 1 heterocycles. The first-order valence-electron chi connectivity index (χ1n) is 5.68. The molecule has 2 heteroatoms. The molecule has 86 valence electrons. The van der Waals surface area contributed by atoms with Crippen LogP contribution in [0.25, 0.3) is 0 Å². The number of rotatable bonds is 2.